The molecule has 1 aromatic carbocycles. The van der Waals surface area contributed by atoms with Crippen LogP contribution in [0.2, 0.25) is 0 Å². The van der Waals surface area contributed by atoms with Crippen LogP contribution in [0, 0.1) is 0 Å². The first-order valence-corrected chi connectivity index (χ1v) is 7.05. The minimum absolute atomic E-state index is 0.887. The Bertz CT molecular complexity index is 457. The first kappa shape index (κ1) is 13.0. The quantitative estimate of drug-likeness (QED) is 0.583. The van der Waals surface area contributed by atoms with E-state index in [0.29, 0.717) is 0 Å². The van der Waals surface area contributed by atoms with Crippen LogP contribution in [-0.2, 0) is 13.6 Å². The summed E-state index contributed by atoms with van der Waals surface area (Å²) in [5.74, 6) is 1.06. The van der Waals surface area contributed by atoms with Gasteiger partial charge in [0.05, 0.1) is 6.54 Å². The Kier molecular flexibility index (Phi) is 5.16. The molecule has 0 saturated carbocycles. The Morgan fingerprint density at radius 2 is 2.11 bits per heavy atom. The van der Waals surface area contributed by atoms with Crippen molar-refractivity contribution in [1.29, 1.82) is 0 Å². The first-order chi connectivity index (χ1) is 8.86. The van der Waals surface area contributed by atoms with E-state index in [1.165, 1.54) is 5.56 Å². The third-order valence-electron chi connectivity index (χ3n) is 2.59. The Balaban J connectivity index is 1.56. The molecular formula is C12H18N5S+. The number of aryl methyl sites for hydroxylation is 1. The van der Waals surface area contributed by atoms with Gasteiger partial charge < -0.3 is 5.32 Å². The second-order valence-electron chi connectivity index (χ2n) is 4.05. The zero-order valence-corrected chi connectivity index (χ0v) is 11.3. The maximum atomic E-state index is 3.94. The van der Waals surface area contributed by atoms with Crippen molar-refractivity contribution in [3.05, 3.63) is 35.9 Å². The molecule has 0 aliphatic heterocycles. The van der Waals surface area contributed by atoms with E-state index in [4.69, 9.17) is 0 Å². The molecule has 0 aliphatic carbocycles. The lowest BCUT2D eigenvalue weighted by molar-refractivity contribution is -0.670. The number of tetrazole rings is 1. The highest BCUT2D eigenvalue weighted by Crippen LogP contribution is 2.12. The van der Waals surface area contributed by atoms with Crippen LogP contribution in [-0.4, -0.2) is 32.5 Å². The number of benzene rings is 1. The molecule has 0 radical (unpaired) electrons. The molecule has 0 spiro atoms. The van der Waals surface area contributed by atoms with Gasteiger partial charge in [-0.15, -0.1) is 5.10 Å². The zero-order chi connectivity index (χ0) is 12.6. The third-order valence-corrected chi connectivity index (χ3v) is 3.68. The monoisotopic (exact) mass is 264 g/mol. The van der Waals surface area contributed by atoms with Crippen molar-refractivity contribution in [2.45, 2.75) is 18.1 Å². The molecule has 18 heavy (non-hydrogen) atoms. The number of thioether (sulfide) groups is 1. The molecule has 2 aromatic rings. The van der Waals surface area contributed by atoms with E-state index < -0.39 is 0 Å². The Morgan fingerprint density at radius 3 is 2.83 bits per heavy atom. The summed E-state index contributed by atoms with van der Waals surface area (Å²) in [5.41, 5.74) is 1.38. The number of aromatic nitrogens is 4. The molecule has 0 amide bonds. The summed E-state index contributed by atoms with van der Waals surface area (Å²) in [6.07, 6.45) is 1.16. The van der Waals surface area contributed by atoms with Gasteiger partial charge in [-0.3, -0.25) is 0 Å². The summed E-state index contributed by atoms with van der Waals surface area (Å²) >= 11 is 1.71. The minimum Gasteiger partial charge on any atom is -0.342 e. The molecule has 96 valence electrons. The lowest BCUT2D eigenvalue weighted by atomic mass is 10.2. The molecule has 0 fully saturated rings. The van der Waals surface area contributed by atoms with Gasteiger partial charge in [0.15, 0.2) is 0 Å². The Hall–Kier alpha value is -1.40. The van der Waals surface area contributed by atoms with E-state index in [2.05, 4.69) is 51.2 Å². The maximum Gasteiger partial charge on any atom is 0.209 e. The molecule has 0 unspecified atom stereocenters. The van der Waals surface area contributed by atoms with Crippen molar-refractivity contribution in [2.24, 2.45) is 7.05 Å². The number of rotatable bonds is 7. The SMILES string of the molecule is Cn1nnnc1SCCC[NH2+]Cc1ccccc1. The summed E-state index contributed by atoms with van der Waals surface area (Å²) in [4.78, 5) is 0. The maximum absolute atomic E-state index is 3.94. The van der Waals surface area contributed by atoms with Crippen LogP contribution in [0.15, 0.2) is 35.5 Å². The second-order valence-corrected chi connectivity index (χ2v) is 5.12. The molecule has 0 saturated heterocycles. The Morgan fingerprint density at radius 1 is 1.28 bits per heavy atom. The van der Waals surface area contributed by atoms with E-state index in [-0.39, 0.29) is 0 Å². The molecule has 0 bridgehead atoms. The minimum atomic E-state index is 0.887. The summed E-state index contributed by atoms with van der Waals surface area (Å²) in [6, 6.07) is 10.5. The van der Waals surface area contributed by atoms with Gasteiger partial charge in [-0.25, -0.2) is 4.68 Å². The molecule has 1 heterocycles. The molecule has 2 N–H and O–H groups in total. The van der Waals surface area contributed by atoms with Gasteiger partial charge in [-0.2, -0.15) is 0 Å². The predicted octanol–water partition coefficient (Wildman–Crippen LogP) is 0.456. The second kappa shape index (κ2) is 7.13. The van der Waals surface area contributed by atoms with Crippen molar-refractivity contribution in [1.82, 2.24) is 20.2 Å². The predicted molar refractivity (Wildman–Crippen MR) is 71.1 cm³/mol. The largest absolute Gasteiger partial charge is 0.342 e. The van der Waals surface area contributed by atoms with Gasteiger partial charge in [-0.1, -0.05) is 42.1 Å². The van der Waals surface area contributed by atoms with Gasteiger partial charge in [0.2, 0.25) is 5.16 Å². The van der Waals surface area contributed by atoms with E-state index in [9.17, 15) is 0 Å². The van der Waals surface area contributed by atoms with Gasteiger partial charge >= 0.3 is 0 Å². The smallest absolute Gasteiger partial charge is 0.209 e. The van der Waals surface area contributed by atoms with Gasteiger partial charge in [-0.05, 0) is 10.4 Å². The van der Waals surface area contributed by atoms with Crippen molar-refractivity contribution in [3.63, 3.8) is 0 Å². The Labute approximate surface area is 111 Å². The molecule has 6 heteroatoms. The van der Waals surface area contributed by atoms with Crippen LogP contribution >= 0.6 is 11.8 Å². The highest BCUT2D eigenvalue weighted by atomic mass is 32.2. The fourth-order valence-corrected chi connectivity index (χ4v) is 2.43. The van der Waals surface area contributed by atoms with E-state index in [1.54, 1.807) is 16.4 Å². The van der Waals surface area contributed by atoms with E-state index >= 15 is 0 Å². The van der Waals surface area contributed by atoms with Gasteiger partial charge in [0.25, 0.3) is 0 Å². The van der Waals surface area contributed by atoms with Crippen LogP contribution < -0.4 is 5.32 Å². The van der Waals surface area contributed by atoms with Crippen LogP contribution in [0.25, 0.3) is 0 Å². The zero-order valence-electron chi connectivity index (χ0n) is 10.5. The number of hydrogen-bond acceptors (Lipinski definition) is 4. The van der Waals surface area contributed by atoms with Gasteiger partial charge in [0.1, 0.15) is 6.54 Å². The highest BCUT2D eigenvalue weighted by Gasteiger charge is 2.02. The molecule has 0 atom stereocenters. The topological polar surface area (TPSA) is 60.2 Å². The number of nitrogens with two attached hydrogens (primary N) is 1. The standard InChI is InChI=1S/C12H17N5S/c1-17-12(14-15-16-17)18-9-5-8-13-10-11-6-3-2-4-7-11/h2-4,6-7,13H,5,8-10H2,1H3/p+1. The molecule has 2 rings (SSSR count). The number of hydrogen-bond donors (Lipinski definition) is 1. The summed E-state index contributed by atoms with van der Waals surface area (Å²) in [6.45, 7) is 2.18. The van der Waals surface area contributed by atoms with Crippen molar-refractivity contribution < 1.29 is 5.32 Å². The highest BCUT2D eigenvalue weighted by molar-refractivity contribution is 7.99. The average molecular weight is 264 g/mol. The average Bonchev–Trinajstić information content (AvgIpc) is 2.81. The van der Waals surface area contributed by atoms with Crippen LogP contribution in [0.4, 0.5) is 0 Å². The van der Waals surface area contributed by atoms with E-state index in [1.807, 2.05) is 7.05 Å². The molecule has 0 aliphatic rings. The fourth-order valence-electron chi connectivity index (χ4n) is 1.62. The lowest BCUT2D eigenvalue weighted by Crippen LogP contribution is -2.82. The lowest BCUT2D eigenvalue weighted by Gasteiger charge is -2.01. The van der Waals surface area contributed by atoms with Gasteiger partial charge in [0, 0.05) is 24.8 Å². The summed E-state index contributed by atoms with van der Waals surface area (Å²) < 4.78 is 1.71. The summed E-state index contributed by atoms with van der Waals surface area (Å²) in [5, 5.41) is 14.6. The summed E-state index contributed by atoms with van der Waals surface area (Å²) in [7, 11) is 1.86. The third kappa shape index (κ3) is 4.12. The molecule has 1 aromatic heterocycles. The van der Waals surface area contributed by atoms with Crippen LogP contribution in [0.5, 0.6) is 0 Å². The normalized spacial score (nSPS) is 10.7. The van der Waals surface area contributed by atoms with Crippen LogP contribution in [0.1, 0.15) is 12.0 Å². The van der Waals surface area contributed by atoms with Crippen molar-refractivity contribution in [2.75, 3.05) is 12.3 Å². The fraction of sp³-hybridized carbons (Fsp3) is 0.417. The number of quaternary nitrogens is 1. The van der Waals surface area contributed by atoms with Crippen molar-refractivity contribution >= 4 is 11.8 Å². The van der Waals surface area contributed by atoms with E-state index in [0.717, 1.165) is 30.4 Å². The first-order valence-electron chi connectivity index (χ1n) is 6.07. The van der Waals surface area contributed by atoms with Crippen LogP contribution in [0.3, 0.4) is 0 Å². The number of nitrogens with zero attached hydrogens (tertiary/aromatic N) is 4. The molecular weight excluding hydrogens is 246 g/mol. The molecule has 5 nitrogen and oxygen atoms in total. The van der Waals surface area contributed by atoms with Crippen molar-refractivity contribution in [3.8, 4) is 0 Å².